The Morgan fingerprint density at radius 1 is 1.09 bits per heavy atom. The molecular formula is C17H19F6N3O5S2. The molecule has 33 heavy (non-hydrogen) atoms. The highest BCUT2D eigenvalue weighted by atomic mass is 32.2. The van der Waals surface area contributed by atoms with Crippen LogP contribution in [-0.2, 0) is 26.2 Å². The maximum atomic E-state index is 13.1. The molecule has 0 saturated carbocycles. The van der Waals surface area contributed by atoms with Gasteiger partial charge in [0.15, 0.2) is 9.84 Å². The summed E-state index contributed by atoms with van der Waals surface area (Å²) < 4.78 is 127. The van der Waals surface area contributed by atoms with Gasteiger partial charge in [-0.1, -0.05) is 6.58 Å². The fourth-order valence-electron chi connectivity index (χ4n) is 2.72. The van der Waals surface area contributed by atoms with E-state index in [4.69, 9.17) is 0 Å². The van der Waals surface area contributed by atoms with Crippen LogP contribution in [0.4, 0.5) is 32.0 Å². The Morgan fingerprint density at radius 3 is 2.18 bits per heavy atom. The first-order valence-corrected chi connectivity index (χ1v) is 12.4. The molecule has 1 aromatic carbocycles. The van der Waals surface area contributed by atoms with Crippen LogP contribution in [0.1, 0.15) is 28.8 Å². The van der Waals surface area contributed by atoms with Gasteiger partial charge in [-0.15, -0.1) is 0 Å². The molecule has 0 unspecified atom stereocenters. The molecule has 0 radical (unpaired) electrons. The summed E-state index contributed by atoms with van der Waals surface area (Å²) in [5.74, 6) is -2.24. The van der Waals surface area contributed by atoms with E-state index in [1.54, 1.807) is 0 Å². The molecular weight excluding hydrogens is 504 g/mol. The zero-order chi connectivity index (χ0) is 25.2. The van der Waals surface area contributed by atoms with Crippen LogP contribution in [0.5, 0.6) is 0 Å². The molecule has 1 aliphatic rings. The summed E-state index contributed by atoms with van der Waals surface area (Å²) in [5, 5.41) is 1.94. The average molecular weight is 523 g/mol. The highest BCUT2D eigenvalue weighted by molar-refractivity contribution is 7.92. The highest BCUT2D eigenvalue weighted by Crippen LogP contribution is 2.32. The predicted octanol–water partition coefficient (Wildman–Crippen LogP) is 2.68. The topological polar surface area (TPSA) is 113 Å². The van der Waals surface area contributed by atoms with Crippen LogP contribution >= 0.6 is 0 Å². The Kier molecular flexibility index (Phi) is 7.75. The monoisotopic (exact) mass is 523 g/mol. The second kappa shape index (κ2) is 9.50. The number of amides is 1. The number of nitrogens with one attached hydrogen (secondary N) is 2. The fourth-order valence-corrected chi connectivity index (χ4v) is 5.40. The molecule has 8 nitrogen and oxygen atoms in total. The second-order valence-corrected chi connectivity index (χ2v) is 11.1. The maximum Gasteiger partial charge on any atom is 0.416 e. The fraction of sp³-hybridized carbons (Fsp3) is 0.471. The van der Waals surface area contributed by atoms with Crippen LogP contribution in [0.15, 0.2) is 30.5 Å². The van der Waals surface area contributed by atoms with E-state index in [-0.39, 0.29) is 0 Å². The molecule has 0 aromatic heterocycles. The Morgan fingerprint density at radius 2 is 1.67 bits per heavy atom. The third-order valence-electron chi connectivity index (χ3n) is 4.47. The number of carbonyl (C=O) groups is 1. The molecule has 0 spiro atoms. The van der Waals surface area contributed by atoms with Crippen LogP contribution in [0.25, 0.3) is 0 Å². The van der Waals surface area contributed by atoms with Gasteiger partial charge in [0.25, 0.3) is 5.91 Å². The number of hydrogen-bond donors (Lipinski definition) is 2. The van der Waals surface area contributed by atoms with E-state index >= 15 is 0 Å². The van der Waals surface area contributed by atoms with Crippen molar-refractivity contribution in [2.45, 2.75) is 25.2 Å². The van der Waals surface area contributed by atoms with E-state index in [9.17, 15) is 48.0 Å². The van der Waals surface area contributed by atoms with Crippen molar-refractivity contribution >= 4 is 31.6 Å². The van der Waals surface area contributed by atoms with Crippen LogP contribution in [-0.4, -0.2) is 57.8 Å². The lowest BCUT2D eigenvalue weighted by Gasteiger charge is -2.26. The quantitative estimate of drug-likeness (QED) is 0.534. The van der Waals surface area contributed by atoms with Crippen LogP contribution in [0.3, 0.4) is 0 Å². The summed E-state index contributed by atoms with van der Waals surface area (Å²) in [7, 11) is -7.90. The minimum absolute atomic E-state index is 0.338. The van der Waals surface area contributed by atoms with Gasteiger partial charge >= 0.3 is 22.6 Å². The van der Waals surface area contributed by atoms with Gasteiger partial charge in [0.05, 0.1) is 28.3 Å². The minimum atomic E-state index is -4.90. The second-order valence-electron chi connectivity index (χ2n) is 7.09. The molecule has 186 valence electrons. The third kappa shape index (κ3) is 7.89. The van der Waals surface area contributed by atoms with E-state index in [0.717, 1.165) is 4.31 Å². The molecule has 1 aromatic rings. The smallest absolute Gasteiger partial charge is 0.326 e. The first-order valence-electron chi connectivity index (χ1n) is 9.15. The minimum Gasteiger partial charge on any atom is -0.326 e. The molecule has 1 aliphatic heterocycles. The van der Waals surface area contributed by atoms with Gasteiger partial charge in [-0.2, -0.15) is 39.1 Å². The van der Waals surface area contributed by atoms with Crippen molar-refractivity contribution in [3.05, 3.63) is 41.6 Å². The van der Waals surface area contributed by atoms with Crippen LogP contribution < -0.4 is 10.0 Å². The summed E-state index contributed by atoms with van der Waals surface area (Å²) in [5.41, 5.74) is -3.14. The molecule has 1 amide bonds. The number of sulfone groups is 1. The Labute approximate surface area is 185 Å². The summed E-state index contributed by atoms with van der Waals surface area (Å²) >= 11 is 0. The SMILES string of the molecule is C=C(CCC(F)(F)F)NC(=O)c1cc(C(F)(F)F)ccc1NS(=O)(=O)N1CCS(=O)(=O)CC1. The Balaban J connectivity index is 2.31. The Bertz CT molecular complexity index is 1120. The first-order chi connectivity index (χ1) is 14.9. The standard InChI is InChI=1S/C17H19F6N3O5S2/c1-11(4-5-16(18,19)20)24-15(27)13-10-12(17(21,22)23)2-3-14(13)25-33(30,31)26-6-8-32(28,29)9-7-26/h2-3,10,25H,1,4-9H2,(H,24,27). The summed E-state index contributed by atoms with van der Waals surface area (Å²) in [6, 6.07) is 1.52. The maximum absolute atomic E-state index is 13.1. The summed E-state index contributed by atoms with van der Waals surface area (Å²) in [4.78, 5) is 12.5. The van der Waals surface area contributed by atoms with Crippen molar-refractivity contribution in [3.8, 4) is 0 Å². The third-order valence-corrected chi connectivity index (χ3v) is 7.61. The predicted molar refractivity (Wildman–Crippen MR) is 106 cm³/mol. The van der Waals surface area contributed by atoms with Gasteiger partial charge in [0.2, 0.25) is 0 Å². The van der Waals surface area contributed by atoms with Crippen molar-refractivity contribution in [2.75, 3.05) is 29.3 Å². The average Bonchev–Trinajstić information content (AvgIpc) is 2.64. The van der Waals surface area contributed by atoms with E-state index in [0.29, 0.717) is 18.2 Å². The lowest BCUT2D eigenvalue weighted by atomic mass is 10.1. The van der Waals surface area contributed by atoms with Crippen molar-refractivity contribution in [1.29, 1.82) is 0 Å². The lowest BCUT2D eigenvalue weighted by molar-refractivity contribution is -0.137. The van der Waals surface area contributed by atoms with E-state index in [2.05, 4.69) is 6.58 Å². The van der Waals surface area contributed by atoms with Gasteiger partial charge in [-0.25, -0.2) is 8.42 Å². The van der Waals surface area contributed by atoms with Crippen molar-refractivity contribution in [1.82, 2.24) is 9.62 Å². The number of halogens is 6. The molecule has 2 N–H and O–H groups in total. The molecule has 16 heteroatoms. The molecule has 0 aliphatic carbocycles. The van der Waals surface area contributed by atoms with Gasteiger partial charge in [-0.3, -0.25) is 9.52 Å². The lowest BCUT2D eigenvalue weighted by Crippen LogP contribution is -2.46. The van der Waals surface area contributed by atoms with Crippen molar-refractivity contribution in [2.24, 2.45) is 0 Å². The number of anilines is 1. The number of alkyl halides is 6. The Hall–Kier alpha value is -2.33. The highest BCUT2D eigenvalue weighted by Gasteiger charge is 2.34. The van der Waals surface area contributed by atoms with Crippen LogP contribution in [0, 0.1) is 0 Å². The molecule has 2 rings (SSSR count). The largest absolute Gasteiger partial charge is 0.416 e. The molecule has 1 saturated heterocycles. The number of nitrogens with zero attached hydrogens (tertiary/aromatic N) is 1. The van der Waals surface area contributed by atoms with E-state index < -0.39 is 98.3 Å². The number of rotatable bonds is 7. The van der Waals surface area contributed by atoms with Crippen molar-refractivity contribution in [3.63, 3.8) is 0 Å². The van der Waals surface area contributed by atoms with E-state index in [1.165, 1.54) is 0 Å². The summed E-state index contributed by atoms with van der Waals surface area (Å²) in [6.07, 6.45) is -11.5. The number of benzene rings is 1. The molecule has 0 bridgehead atoms. The molecule has 0 atom stereocenters. The van der Waals surface area contributed by atoms with Gasteiger partial charge in [-0.05, 0) is 24.6 Å². The molecule has 1 fully saturated rings. The normalized spacial score (nSPS) is 17.4. The van der Waals surface area contributed by atoms with Crippen molar-refractivity contribution < 1.29 is 48.0 Å². The zero-order valence-corrected chi connectivity index (χ0v) is 18.4. The summed E-state index contributed by atoms with van der Waals surface area (Å²) in [6.45, 7) is 2.41. The zero-order valence-electron chi connectivity index (χ0n) is 16.8. The van der Waals surface area contributed by atoms with Gasteiger partial charge < -0.3 is 5.32 Å². The van der Waals surface area contributed by atoms with Gasteiger partial charge in [0, 0.05) is 25.2 Å². The number of hydrogen-bond acceptors (Lipinski definition) is 5. The van der Waals surface area contributed by atoms with E-state index in [1.807, 2.05) is 10.0 Å². The van der Waals surface area contributed by atoms with Crippen LogP contribution in [0.2, 0.25) is 0 Å². The number of carbonyl (C=O) groups excluding carboxylic acids is 1. The van der Waals surface area contributed by atoms with Gasteiger partial charge in [0.1, 0.15) is 0 Å². The number of allylic oxidation sites excluding steroid dienone is 1. The molecule has 1 heterocycles. The first kappa shape index (κ1) is 26.9.